The van der Waals surface area contributed by atoms with E-state index >= 15 is 0 Å². The van der Waals surface area contributed by atoms with E-state index in [2.05, 4.69) is 4.98 Å². The Morgan fingerprint density at radius 3 is 2.81 bits per heavy atom. The van der Waals surface area contributed by atoms with Gasteiger partial charge in [-0.25, -0.2) is 0 Å². The predicted octanol–water partition coefficient (Wildman–Crippen LogP) is 3.14. The van der Waals surface area contributed by atoms with Crippen LogP contribution in [0.2, 0.25) is 0 Å². The Kier molecular flexibility index (Phi) is 2.95. The molecule has 0 fully saturated rings. The maximum absolute atomic E-state index is 10.7. The normalized spacial score (nSPS) is 12.8. The van der Waals surface area contributed by atoms with Crippen LogP contribution in [-0.4, -0.2) is 16.1 Å². The number of carboxylic acid groups (broad SMARTS) is 1. The van der Waals surface area contributed by atoms with Gasteiger partial charge in [0.15, 0.2) is 0 Å². The summed E-state index contributed by atoms with van der Waals surface area (Å²) in [5.41, 5.74) is 2.09. The van der Waals surface area contributed by atoms with Crippen LogP contribution in [0.1, 0.15) is 31.4 Å². The molecule has 1 heterocycles. The summed E-state index contributed by atoms with van der Waals surface area (Å²) in [6, 6.07) is 10.0. The molecule has 3 heteroatoms. The van der Waals surface area contributed by atoms with Gasteiger partial charge in [0.25, 0.3) is 0 Å². The number of para-hydroxylation sites is 1. The van der Waals surface area contributed by atoms with Gasteiger partial charge in [-0.1, -0.05) is 25.1 Å². The number of rotatable bonds is 4. The topological polar surface area (TPSA) is 53.1 Å². The number of aliphatic carboxylic acids is 1. The van der Waals surface area contributed by atoms with Gasteiger partial charge in [0.1, 0.15) is 0 Å². The van der Waals surface area contributed by atoms with E-state index in [9.17, 15) is 4.79 Å². The van der Waals surface area contributed by atoms with Gasteiger partial charge in [-0.15, -0.1) is 0 Å². The smallest absolute Gasteiger partial charge is 0.304 e. The number of aromatic nitrogens is 1. The Labute approximate surface area is 94.1 Å². The highest BCUT2D eigenvalue weighted by Crippen LogP contribution is 2.26. The SMILES string of the molecule is CCC(CC(=O)O)c1cc2ccccc2[nH]1. The van der Waals surface area contributed by atoms with Crippen LogP contribution in [0.15, 0.2) is 30.3 Å². The first kappa shape index (κ1) is 10.7. The first-order valence-corrected chi connectivity index (χ1v) is 5.50. The third-order valence-electron chi connectivity index (χ3n) is 2.90. The fourth-order valence-electron chi connectivity index (χ4n) is 2.00. The summed E-state index contributed by atoms with van der Waals surface area (Å²) in [5.74, 6) is -0.671. The Morgan fingerprint density at radius 2 is 2.19 bits per heavy atom. The van der Waals surface area contributed by atoms with Crippen molar-refractivity contribution in [3.05, 3.63) is 36.0 Å². The van der Waals surface area contributed by atoms with Crippen molar-refractivity contribution < 1.29 is 9.90 Å². The van der Waals surface area contributed by atoms with Crippen LogP contribution < -0.4 is 0 Å². The monoisotopic (exact) mass is 217 g/mol. The molecule has 0 aliphatic heterocycles. The van der Waals surface area contributed by atoms with E-state index in [-0.39, 0.29) is 12.3 Å². The van der Waals surface area contributed by atoms with Crippen LogP contribution in [0.5, 0.6) is 0 Å². The predicted molar refractivity (Wildman–Crippen MR) is 63.6 cm³/mol. The first-order valence-electron chi connectivity index (χ1n) is 5.50. The molecule has 0 saturated carbocycles. The quantitative estimate of drug-likeness (QED) is 0.826. The average Bonchev–Trinajstić information content (AvgIpc) is 2.68. The van der Waals surface area contributed by atoms with Gasteiger partial charge >= 0.3 is 5.97 Å². The second kappa shape index (κ2) is 4.39. The highest BCUT2D eigenvalue weighted by atomic mass is 16.4. The molecule has 2 aromatic rings. The molecule has 84 valence electrons. The van der Waals surface area contributed by atoms with E-state index in [0.717, 1.165) is 23.0 Å². The summed E-state index contributed by atoms with van der Waals surface area (Å²) in [7, 11) is 0. The van der Waals surface area contributed by atoms with Crippen LogP contribution in [0.25, 0.3) is 10.9 Å². The number of hydrogen-bond donors (Lipinski definition) is 2. The molecule has 0 radical (unpaired) electrons. The lowest BCUT2D eigenvalue weighted by atomic mass is 9.99. The Balaban J connectivity index is 2.34. The lowest BCUT2D eigenvalue weighted by molar-refractivity contribution is -0.137. The summed E-state index contributed by atoms with van der Waals surface area (Å²) in [4.78, 5) is 14.0. The van der Waals surface area contributed by atoms with Crippen molar-refractivity contribution in [1.29, 1.82) is 0 Å². The van der Waals surface area contributed by atoms with Gasteiger partial charge in [0.2, 0.25) is 0 Å². The highest BCUT2D eigenvalue weighted by Gasteiger charge is 2.15. The minimum atomic E-state index is -0.745. The molecule has 2 N–H and O–H groups in total. The van der Waals surface area contributed by atoms with Gasteiger partial charge in [0.05, 0.1) is 6.42 Å². The lowest BCUT2D eigenvalue weighted by Crippen LogP contribution is -2.05. The van der Waals surface area contributed by atoms with E-state index in [1.54, 1.807) is 0 Å². The summed E-state index contributed by atoms with van der Waals surface area (Å²) >= 11 is 0. The van der Waals surface area contributed by atoms with Gasteiger partial charge in [-0.3, -0.25) is 4.79 Å². The van der Waals surface area contributed by atoms with Gasteiger partial charge in [-0.2, -0.15) is 0 Å². The van der Waals surface area contributed by atoms with Crippen molar-refractivity contribution in [3.8, 4) is 0 Å². The second-order valence-electron chi connectivity index (χ2n) is 4.01. The molecule has 0 amide bonds. The van der Waals surface area contributed by atoms with E-state index in [4.69, 9.17) is 5.11 Å². The number of aromatic amines is 1. The van der Waals surface area contributed by atoms with E-state index in [0.29, 0.717) is 0 Å². The molecule has 1 aromatic carbocycles. The van der Waals surface area contributed by atoms with Gasteiger partial charge in [-0.05, 0) is 23.9 Å². The standard InChI is InChI=1S/C13H15NO2/c1-2-9(8-13(15)16)12-7-10-5-3-4-6-11(10)14-12/h3-7,9,14H,2,8H2,1H3,(H,15,16). The van der Waals surface area contributed by atoms with Crippen molar-refractivity contribution in [2.24, 2.45) is 0 Å². The number of nitrogens with one attached hydrogen (secondary N) is 1. The summed E-state index contributed by atoms with van der Waals surface area (Å²) in [6.07, 6.45) is 1.02. The fraction of sp³-hybridized carbons (Fsp3) is 0.308. The molecular formula is C13H15NO2. The number of fused-ring (bicyclic) bond motifs is 1. The number of H-pyrrole nitrogens is 1. The Bertz CT molecular complexity index is 468. The van der Waals surface area contributed by atoms with Crippen LogP contribution >= 0.6 is 0 Å². The molecule has 1 atom stereocenters. The number of carbonyl (C=O) groups is 1. The lowest BCUT2D eigenvalue weighted by Gasteiger charge is -2.09. The number of benzene rings is 1. The largest absolute Gasteiger partial charge is 0.481 e. The van der Waals surface area contributed by atoms with E-state index in [1.165, 1.54) is 0 Å². The maximum Gasteiger partial charge on any atom is 0.304 e. The van der Waals surface area contributed by atoms with E-state index in [1.807, 2.05) is 37.3 Å². The third-order valence-corrected chi connectivity index (χ3v) is 2.90. The van der Waals surface area contributed by atoms with Gasteiger partial charge < -0.3 is 10.1 Å². The van der Waals surface area contributed by atoms with Crippen LogP contribution in [0.4, 0.5) is 0 Å². The first-order chi connectivity index (χ1) is 7.70. The van der Waals surface area contributed by atoms with Gasteiger partial charge in [0, 0.05) is 17.1 Å². The number of carboxylic acids is 1. The fourth-order valence-corrected chi connectivity index (χ4v) is 2.00. The molecule has 1 aromatic heterocycles. The molecule has 0 aliphatic rings. The van der Waals surface area contributed by atoms with Crippen LogP contribution in [-0.2, 0) is 4.79 Å². The summed E-state index contributed by atoms with van der Waals surface area (Å²) < 4.78 is 0. The van der Waals surface area contributed by atoms with Crippen molar-refractivity contribution >= 4 is 16.9 Å². The van der Waals surface area contributed by atoms with Crippen molar-refractivity contribution in [3.63, 3.8) is 0 Å². The summed E-state index contributed by atoms with van der Waals surface area (Å²) in [5, 5.41) is 9.98. The zero-order chi connectivity index (χ0) is 11.5. The van der Waals surface area contributed by atoms with Crippen LogP contribution in [0.3, 0.4) is 0 Å². The Morgan fingerprint density at radius 1 is 1.44 bits per heavy atom. The van der Waals surface area contributed by atoms with Crippen molar-refractivity contribution in [2.75, 3.05) is 0 Å². The molecular weight excluding hydrogens is 202 g/mol. The average molecular weight is 217 g/mol. The molecule has 0 bridgehead atoms. The zero-order valence-electron chi connectivity index (χ0n) is 9.23. The maximum atomic E-state index is 10.7. The third kappa shape index (κ3) is 2.08. The minimum absolute atomic E-state index is 0.0740. The molecule has 2 rings (SSSR count). The van der Waals surface area contributed by atoms with Crippen molar-refractivity contribution in [2.45, 2.75) is 25.7 Å². The Hall–Kier alpha value is -1.77. The molecule has 3 nitrogen and oxygen atoms in total. The second-order valence-corrected chi connectivity index (χ2v) is 4.01. The molecule has 1 unspecified atom stereocenters. The molecule has 16 heavy (non-hydrogen) atoms. The summed E-state index contributed by atoms with van der Waals surface area (Å²) in [6.45, 7) is 2.01. The van der Waals surface area contributed by atoms with E-state index < -0.39 is 5.97 Å². The van der Waals surface area contributed by atoms with Crippen molar-refractivity contribution in [1.82, 2.24) is 4.98 Å². The molecule has 0 aliphatic carbocycles. The number of hydrogen-bond acceptors (Lipinski definition) is 1. The molecule has 0 spiro atoms. The highest BCUT2D eigenvalue weighted by molar-refractivity contribution is 5.80. The minimum Gasteiger partial charge on any atom is -0.481 e. The van der Waals surface area contributed by atoms with Crippen LogP contribution in [0, 0.1) is 0 Å². The zero-order valence-corrected chi connectivity index (χ0v) is 9.23. The molecule has 0 saturated heterocycles.